The van der Waals surface area contributed by atoms with E-state index in [2.05, 4.69) is 82.3 Å². The van der Waals surface area contributed by atoms with Crippen molar-refractivity contribution >= 4 is 28.4 Å². The van der Waals surface area contributed by atoms with Gasteiger partial charge in [-0.2, -0.15) is 0 Å². The van der Waals surface area contributed by atoms with Gasteiger partial charge in [-0.05, 0) is 197 Å². The van der Waals surface area contributed by atoms with Crippen LogP contribution in [0.1, 0.15) is 247 Å². The second-order valence-electron chi connectivity index (χ2n) is 22.8. The molecule has 7 heteroatoms. The van der Waals surface area contributed by atoms with Crippen LogP contribution < -0.4 is 38.1 Å². The smallest absolute Gasteiger partial charge is 0.124 e. The number of hydrogen-bond acceptors (Lipinski definition) is 7. The maximum absolute atomic E-state index is 6.14. The Hall–Kier alpha value is -5.30. The molecule has 0 bridgehead atoms. The Balaban J connectivity index is 0.000000151. The molecule has 7 nitrogen and oxygen atoms in total. The van der Waals surface area contributed by atoms with Crippen molar-refractivity contribution in [1.82, 2.24) is 0 Å². The average Bonchev–Trinajstić information content (AvgIpc) is 3.93. The molecule has 5 saturated carbocycles. The van der Waals surface area contributed by atoms with Gasteiger partial charge in [0.25, 0.3) is 0 Å². The van der Waals surface area contributed by atoms with Crippen LogP contribution in [0.5, 0.6) is 11.5 Å². The van der Waals surface area contributed by atoms with Gasteiger partial charge < -0.3 is 38.1 Å². The molecule has 5 fully saturated rings. The van der Waals surface area contributed by atoms with Crippen LogP contribution in [0.3, 0.4) is 0 Å². The zero-order valence-electron chi connectivity index (χ0n) is 47.1. The molecule has 0 amide bonds. The molecule has 10 rings (SSSR count). The summed E-state index contributed by atoms with van der Waals surface area (Å²) < 4.78 is 10.6. The largest absolute Gasteiger partial charge is 0.497 e. The van der Waals surface area contributed by atoms with Crippen molar-refractivity contribution in [3.63, 3.8) is 0 Å². The second-order valence-corrected chi connectivity index (χ2v) is 22.8. The maximum Gasteiger partial charge on any atom is 0.124 e. The van der Waals surface area contributed by atoms with Crippen LogP contribution in [0, 0.1) is 27.7 Å². The van der Waals surface area contributed by atoms with Gasteiger partial charge in [-0.25, -0.2) is 0 Å². The van der Waals surface area contributed by atoms with Gasteiger partial charge in [-0.15, -0.1) is 0 Å². The minimum Gasteiger partial charge on any atom is -0.497 e. The summed E-state index contributed by atoms with van der Waals surface area (Å²) in [5.41, 5.74) is 47.2. The maximum atomic E-state index is 6.14. The second kappa shape index (κ2) is 30.3. The van der Waals surface area contributed by atoms with Crippen LogP contribution >= 0.6 is 0 Å². The summed E-state index contributed by atoms with van der Waals surface area (Å²) in [6, 6.07) is 29.4. The molecular weight excluding hydrogens is 907 g/mol. The molecule has 5 aliphatic rings. The Morgan fingerprint density at radius 1 is 0.324 bits per heavy atom. The zero-order chi connectivity index (χ0) is 52.8. The van der Waals surface area contributed by atoms with E-state index in [0.29, 0.717) is 11.8 Å². The minimum atomic E-state index is 0.589. The molecule has 74 heavy (non-hydrogen) atoms. The van der Waals surface area contributed by atoms with E-state index < -0.39 is 0 Å². The lowest BCUT2D eigenvalue weighted by atomic mass is 9.83. The third kappa shape index (κ3) is 17.4. The number of aryl methyl sites for hydroxylation is 4. The lowest BCUT2D eigenvalue weighted by molar-refractivity contribution is 0.393. The molecular formula is C67H99N5O2. The molecule has 5 aromatic carbocycles. The lowest BCUT2D eigenvalue weighted by Crippen LogP contribution is -2.07. The number of methoxy groups -OCH3 is 2. The molecule has 10 N–H and O–H groups in total. The van der Waals surface area contributed by atoms with Gasteiger partial charge in [0, 0.05) is 40.1 Å². The first-order chi connectivity index (χ1) is 35.9. The van der Waals surface area contributed by atoms with Gasteiger partial charge in [-0.1, -0.05) is 151 Å². The Kier molecular flexibility index (Phi) is 23.7. The highest BCUT2D eigenvalue weighted by Crippen LogP contribution is 2.42. The topological polar surface area (TPSA) is 149 Å². The summed E-state index contributed by atoms with van der Waals surface area (Å²) >= 11 is 0. The van der Waals surface area contributed by atoms with Gasteiger partial charge in [0.1, 0.15) is 11.5 Å². The van der Waals surface area contributed by atoms with Crippen LogP contribution in [-0.2, 0) is 0 Å². The third-order valence-electron chi connectivity index (χ3n) is 17.1. The van der Waals surface area contributed by atoms with Gasteiger partial charge in [0.05, 0.1) is 14.2 Å². The van der Waals surface area contributed by atoms with Crippen LogP contribution in [0.25, 0.3) is 0 Å². The molecule has 0 aliphatic heterocycles. The normalized spacial score (nSPS) is 18.1. The van der Waals surface area contributed by atoms with Crippen molar-refractivity contribution in [3.05, 3.63) is 135 Å². The monoisotopic (exact) mass is 1010 g/mol. The van der Waals surface area contributed by atoms with E-state index in [1.165, 1.54) is 217 Å². The van der Waals surface area contributed by atoms with Crippen LogP contribution in [0.2, 0.25) is 0 Å². The first-order valence-corrected chi connectivity index (χ1v) is 29.3. The summed E-state index contributed by atoms with van der Waals surface area (Å²) in [5, 5.41) is 0. The van der Waals surface area contributed by atoms with E-state index in [1.54, 1.807) is 14.2 Å². The molecule has 5 aliphatic carbocycles. The van der Waals surface area contributed by atoms with E-state index >= 15 is 0 Å². The summed E-state index contributed by atoms with van der Waals surface area (Å²) in [6.45, 7) is 8.55. The first kappa shape index (κ1) is 58.0. The molecule has 0 atom stereocenters. The van der Waals surface area contributed by atoms with Gasteiger partial charge in [0.15, 0.2) is 0 Å². The average molecular weight is 1010 g/mol. The lowest BCUT2D eigenvalue weighted by Gasteiger charge is -2.23. The molecule has 404 valence electrons. The number of ether oxygens (including phenoxy) is 2. The third-order valence-corrected chi connectivity index (χ3v) is 17.1. The predicted octanol–water partition coefficient (Wildman–Crippen LogP) is 18.2. The molecule has 0 radical (unpaired) electrons. The van der Waals surface area contributed by atoms with E-state index in [1.807, 2.05) is 30.3 Å². The van der Waals surface area contributed by atoms with Crippen molar-refractivity contribution in [2.24, 2.45) is 0 Å². The fourth-order valence-electron chi connectivity index (χ4n) is 13.1. The summed E-state index contributed by atoms with van der Waals surface area (Å²) in [6.07, 6.45) is 34.9. The van der Waals surface area contributed by atoms with Crippen LogP contribution in [0.4, 0.5) is 28.4 Å². The van der Waals surface area contributed by atoms with Crippen molar-refractivity contribution in [3.8, 4) is 11.5 Å². The highest BCUT2D eigenvalue weighted by molar-refractivity contribution is 5.57. The molecule has 0 heterocycles. The fraction of sp³-hybridized carbons (Fsp3) is 0.552. The quantitative estimate of drug-likeness (QED) is 0.102. The molecule has 5 aromatic rings. The molecule has 0 saturated heterocycles. The SMILES string of the molecule is COc1ccc(C2CCCCC2)c(N)c1.COc1cccc(N)c1C1CCCCCCC1.Cc1cc(C)c(C2CCCC2)c(N)c1.Cc1ccc(C2CCCCC2)c(N)c1.Cc1ccc(N)c(C2CCCCC2)c1. The van der Waals surface area contributed by atoms with E-state index in [-0.39, 0.29) is 0 Å². The van der Waals surface area contributed by atoms with Crippen molar-refractivity contribution < 1.29 is 9.47 Å². The number of nitrogens with two attached hydrogens (primary N) is 5. The molecule has 0 unspecified atom stereocenters. The Labute approximate surface area is 449 Å². The highest BCUT2D eigenvalue weighted by Gasteiger charge is 2.23. The number of anilines is 5. The van der Waals surface area contributed by atoms with Crippen molar-refractivity contribution in [2.45, 2.75) is 224 Å². The van der Waals surface area contributed by atoms with Crippen LogP contribution in [0.15, 0.2) is 84.9 Å². The predicted molar refractivity (Wildman–Crippen MR) is 320 cm³/mol. The van der Waals surface area contributed by atoms with Gasteiger partial charge in [0.2, 0.25) is 0 Å². The molecule has 0 aromatic heterocycles. The first-order valence-electron chi connectivity index (χ1n) is 29.3. The standard InChI is InChI=1S/C15H23NO.C13H19NO.3C13H19N/c1-17-14-11-7-10-13(16)15(14)12-8-5-3-2-4-6-9-12;1-15-11-7-8-12(13(14)9-11)10-5-3-2-4-6-10;1-9-7-10(2)13(12(14)8-9)11-5-3-4-6-11;1-10-7-8-13(14)12(9-10)11-5-3-2-4-6-11;1-10-7-8-12(13(14)9-10)11-5-3-2-4-6-11/h7,10-12H,2-6,8-9,16H2,1H3;7-10H,2-6,14H2,1H3;7-8,11H,3-6,14H2,1-2H3;2*7-9,11H,2-6,14H2,1H3. The van der Waals surface area contributed by atoms with Crippen molar-refractivity contribution in [1.29, 1.82) is 0 Å². The van der Waals surface area contributed by atoms with Gasteiger partial charge in [-0.3, -0.25) is 0 Å². The fourth-order valence-corrected chi connectivity index (χ4v) is 13.1. The van der Waals surface area contributed by atoms with E-state index in [0.717, 1.165) is 57.7 Å². The van der Waals surface area contributed by atoms with Gasteiger partial charge >= 0.3 is 0 Å². The summed E-state index contributed by atoms with van der Waals surface area (Å²) in [7, 11) is 3.41. The number of rotatable bonds is 7. The Morgan fingerprint density at radius 2 is 0.743 bits per heavy atom. The molecule has 0 spiro atoms. The summed E-state index contributed by atoms with van der Waals surface area (Å²) in [5.74, 6) is 5.27. The Morgan fingerprint density at radius 3 is 1.24 bits per heavy atom. The highest BCUT2D eigenvalue weighted by atomic mass is 16.5. The number of benzene rings is 5. The van der Waals surface area contributed by atoms with Crippen LogP contribution in [-0.4, -0.2) is 14.2 Å². The van der Waals surface area contributed by atoms with E-state index in [9.17, 15) is 0 Å². The number of nitrogen functional groups attached to an aromatic ring is 5. The Bertz CT molecular complexity index is 2410. The summed E-state index contributed by atoms with van der Waals surface area (Å²) in [4.78, 5) is 0. The minimum absolute atomic E-state index is 0.589. The zero-order valence-corrected chi connectivity index (χ0v) is 47.1. The van der Waals surface area contributed by atoms with Crippen molar-refractivity contribution in [2.75, 3.05) is 42.9 Å². The number of hydrogen-bond donors (Lipinski definition) is 5. The van der Waals surface area contributed by atoms with E-state index in [4.69, 9.17) is 38.1 Å².